The summed E-state index contributed by atoms with van der Waals surface area (Å²) in [5, 5.41) is 5.75. The van der Waals surface area contributed by atoms with Crippen molar-refractivity contribution in [2.75, 3.05) is 25.5 Å². The summed E-state index contributed by atoms with van der Waals surface area (Å²) in [7, 11) is -2.27. The predicted molar refractivity (Wildman–Crippen MR) is 150 cm³/mol. The molecule has 37 heavy (non-hydrogen) atoms. The van der Waals surface area contributed by atoms with Gasteiger partial charge in [0.25, 0.3) is 5.91 Å². The molecule has 0 spiro atoms. The van der Waals surface area contributed by atoms with Crippen LogP contribution in [0.15, 0.2) is 62.4 Å². The molecular weight excluding hydrogens is 510 g/mol. The monoisotopic (exact) mass is 539 g/mol. The van der Waals surface area contributed by atoms with Crippen LogP contribution in [0.3, 0.4) is 0 Å². The van der Waals surface area contributed by atoms with Crippen LogP contribution in [0.4, 0.5) is 11.5 Å². The highest BCUT2D eigenvalue weighted by molar-refractivity contribution is 8.11. The van der Waals surface area contributed by atoms with Crippen molar-refractivity contribution in [3.63, 3.8) is 0 Å². The number of sulfonamides is 1. The van der Waals surface area contributed by atoms with Crippen molar-refractivity contribution in [1.82, 2.24) is 15.0 Å². The highest BCUT2D eigenvalue weighted by atomic mass is 32.2. The van der Waals surface area contributed by atoms with E-state index in [1.165, 1.54) is 25.6 Å². The lowest BCUT2D eigenvalue weighted by molar-refractivity contribution is 0.0963. The zero-order valence-electron chi connectivity index (χ0n) is 20.6. The second-order valence-electron chi connectivity index (χ2n) is 8.36. The second-order valence-corrected chi connectivity index (χ2v) is 11.3. The number of allylic oxidation sites excluding steroid dienone is 2. The number of carbonyl (C=O) groups is 1. The van der Waals surface area contributed by atoms with Gasteiger partial charge in [0.05, 0.1) is 11.3 Å². The zero-order valence-corrected chi connectivity index (χ0v) is 22.2. The Labute approximate surface area is 220 Å². The Kier molecular flexibility index (Phi) is 8.41. The first kappa shape index (κ1) is 26.6. The third-order valence-corrected chi connectivity index (χ3v) is 8.29. The van der Waals surface area contributed by atoms with E-state index in [4.69, 9.17) is 5.73 Å². The highest BCUT2D eigenvalue weighted by Gasteiger charge is 2.20. The Morgan fingerprint density at radius 2 is 2.05 bits per heavy atom. The number of amidine groups is 1. The number of aromatic nitrogens is 1. The number of carbonyl (C=O) groups excluding carboxylic acids is 1. The van der Waals surface area contributed by atoms with E-state index in [0.29, 0.717) is 37.6 Å². The quantitative estimate of drug-likeness (QED) is 0.382. The number of benzene rings is 1. The van der Waals surface area contributed by atoms with Crippen molar-refractivity contribution >= 4 is 56.3 Å². The normalized spacial score (nSPS) is 15.1. The number of hydrogen-bond donors (Lipinski definition) is 4. The largest absolute Gasteiger partial charge is 0.387 e. The molecule has 194 valence electrons. The molecule has 12 heteroatoms. The third kappa shape index (κ3) is 6.45. The summed E-state index contributed by atoms with van der Waals surface area (Å²) in [6.45, 7) is 2.60. The molecule has 0 radical (unpaired) electrons. The number of thioether (sulfide) groups is 1. The smallest absolute Gasteiger partial charge is 0.254 e. The van der Waals surface area contributed by atoms with Gasteiger partial charge in [0.2, 0.25) is 10.0 Å². The lowest BCUT2D eigenvalue weighted by Crippen LogP contribution is -2.26. The van der Waals surface area contributed by atoms with Gasteiger partial charge in [0.15, 0.2) is 0 Å². The highest BCUT2D eigenvalue weighted by Crippen LogP contribution is 2.39. The molecule has 1 aromatic carbocycles. The van der Waals surface area contributed by atoms with Gasteiger partial charge in [-0.3, -0.25) is 4.79 Å². The number of nitrogens with zero attached hydrogens (tertiary/aromatic N) is 3. The molecule has 0 fully saturated rings. The summed E-state index contributed by atoms with van der Waals surface area (Å²) < 4.78 is 27.5. The number of aliphatic imine (C=N–C) groups is 2. The van der Waals surface area contributed by atoms with Gasteiger partial charge in [-0.1, -0.05) is 36.9 Å². The number of anilines is 1. The third-order valence-electron chi connectivity index (χ3n) is 5.66. The Morgan fingerprint density at radius 1 is 1.22 bits per heavy atom. The number of hydrogen-bond acceptors (Lipinski definition) is 9. The minimum atomic E-state index is -3.76. The molecule has 2 aromatic rings. The molecule has 0 bridgehead atoms. The molecule has 0 saturated heterocycles. The maximum Gasteiger partial charge on any atom is 0.254 e. The number of rotatable bonds is 9. The molecule has 1 aromatic heterocycles. The fraction of sp³-hybridized carbons (Fsp3) is 0.280. The topological polar surface area (TPSA) is 151 Å². The van der Waals surface area contributed by atoms with E-state index in [1.807, 2.05) is 19.1 Å². The van der Waals surface area contributed by atoms with E-state index in [0.717, 1.165) is 33.0 Å². The molecule has 0 aliphatic carbocycles. The summed E-state index contributed by atoms with van der Waals surface area (Å²) in [5.41, 5.74) is 9.04. The van der Waals surface area contributed by atoms with Crippen molar-refractivity contribution < 1.29 is 13.2 Å². The Balaban J connectivity index is 1.48. The number of fused-ring (bicyclic) bond motifs is 1. The van der Waals surface area contributed by atoms with Crippen molar-refractivity contribution in [1.29, 1.82) is 0 Å². The van der Waals surface area contributed by atoms with Crippen molar-refractivity contribution in [3.05, 3.63) is 64.2 Å². The van der Waals surface area contributed by atoms with Crippen LogP contribution in [0, 0.1) is 0 Å². The van der Waals surface area contributed by atoms with E-state index in [2.05, 4.69) is 48.5 Å². The Bertz CT molecular complexity index is 1430. The fourth-order valence-electron chi connectivity index (χ4n) is 3.75. The lowest BCUT2D eigenvalue weighted by Gasteiger charge is -2.18. The van der Waals surface area contributed by atoms with Crippen LogP contribution < -0.4 is 21.1 Å². The van der Waals surface area contributed by atoms with E-state index >= 15 is 0 Å². The number of nitrogens with one attached hydrogen (secondary N) is 3. The minimum absolute atomic E-state index is 0.0557. The molecule has 4 rings (SSSR count). The number of nitrogens with two attached hydrogens (primary N) is 1. The maximum atomic E-state index is 12.5. The standard InChI is InChI=1S/C25H29N7O3S2/c1-3-9-32-37(34,35)19-12-20(25(33)27-2)24(29-14-19)28-13-18-5-4-6-22(36-18)16-7-8-21-17(10-16)11-23(26)31-15-30-21/h5-8,10,12,14-15,32H,3-4,9,11,13H2,1-2H3,(H,27,33)(H,28,29)(H2,26,30,31). The van der Waals surface area contributed by atoms with Crippen LogP contribution in [-0.4, -0.2) is 51.6 Å². The van der Waals surface area contributed by atoms with Gasteiger partial charge in [-0.25, -0.2) is 28.1 Å². The zero-order chi connectivity index (χ0) is 26.4. The maximum absolute atomic E-state index is 12.5. The van der Waals surface area contributed by atoms with Gasteiger partial charge in [-0.2, -0.15) is 0 Å². The molecule has 2 aliphatic rings. The van der Waals surface area contributed by atoms with Gasteiger partial charge in [0, 0.05) is 42.6 Å². The SMILES string of the molecule is CCCNS(=O)(=O)c1cnc(NCC2=CCC=C(c3ccc4c(c3)CC(N)=NC=N4)S2)c(C(=O)NC)c1. The molecule has 0 saturated carbocycles. The summed E-state index contributed by atoms with van der Waals surface area (Å²) in [6.07, 6.45) is 8.95. The lowest BCUT2D eigenvalue weighted by atomic mass is 10.0. The summed E-state index contributed by atoms with van der Waals surface area (Å²) in [6, 6.07) is 7.43. The van der Waals surface area contributed by atoms with Crippen molar-refractivity contribution in [2.45, 2.75) is 31.1 Å². The van der Waals surface area contributed by atoms with Crippen LogP contribution >= 0.6 is 11.8 Å². The van der Waals surface area contributed by atoms with Crippen LogP contribution in [0.1, 0.15) is 41.3 Å². The van der Waals surface area contributed by atoms with Crippen LogP contribution in [0.5, 0.6) is 0 Å². The fourth-order valence-corrected chi connectivity index (χ4v) is 5.89. The first-order valence-electron chi connectivity index (χ1n) is 11.8. The molecule has 0 unspecified atom stereocenters. The number of pyridine rings is 1. The minimum Gasteiger partial charge on any atom is -0.387 e. The molecule has 5 N–H and O–H groups in total. The molecule has 10 nitrogen and oxygen atoms in total. The van der Waals surface area contributed by atoms with E-state index in [9.17, 15) is 13.2 Å². The average Bonchev–Trinajstić information content (AvgIpc) is 3.10. The van der Waals surface area contributed by atoms with E-state index < -0.39 is 15.9 Å². The van der Waals surface area contributed by atoms with Gasteiger partial charge >= 0.3 is 0 Å². The van der Waals surface area contributed by atoms with E-state index in [-0.39, 0.29) is 10.5 Å². The molecule has 0 atom stereocenters. The van der Waals surface area contributed by atoms with E-state index in [1.54, 1.807) is 11.8 Å². The predicted octanol–water partition coefficient (Wildman–Crippen LogP) is 3.18. The summed E-state index contributed by atoms with van der Waals surface area (Å²) in [5.74, 6) is 0.405. The van der Waals surface area contributed by atoms with Crippen molar-refractivity contribution in [2.24, 2.45) is 15.7 Å². The molecule has 3 heterocycles. The molecule has 1 amide bonds. The Hall–Kier alpha value is -3.48. The number of amides is 1. The van der Waals surface area contributed by atoms with Gasteiger partial charge in [-0.05, 0) is 42.2 Å². The van der Waals surface area contributed by atoms with Gasteiger partial charge < -0.3 is 16.4 Å². The van der Waals surface area contributed by atoms with Crippen LogP contribution in [0.25, 0.3) is 4.91 Å². The Morgan fingerprint density at radius 3 is 2.84 bits per heavy atom. The summed E-state index contributed by atoms with van der Waals surface area (Å²) in [4.78, 5) is 27.3. The van der Waals surface area contributed by atoms with Crippen LogP contribution in [-0.2, 0) is 16.4 Å². The van der Waals surface area contributed by atoms with Gasteiger partial charge in [-0.15, -0.1) is 0 Å². The van der Waals surface area contributed by atoms with Crippen LogP contribution in [0.2, 0.25) is 0 Å². The molecular formula is C25H29N7O3S2. The van der Waals surface area contributed by atoms with Gasteiger partial charge in [0.1, 0.15) is 22.9 Å². The summed E-state index contributed by atoms with van der Waals surface area (Å²) >= 11 is 1.62. The first-order chi connectivity index (χ1) is 17.8. The average molecular weight is 540 g/mol. The first-order valence-corrected chi connectivity index (χ1v) is 14.1. The van der Waals surface area contributed by atoms with Crippen molar-refractivity contribution in [3.8, 4) is 0 Å². The molecule has 2 aliphatic heterocycles. The second kappa shape index (κ2) is 11.7.